The van der Waals surface area contributed by atoms with Gasteiger partial charge in [0.1, 0.15) is 0 Å². The fraction of sp³-hybridized carbons (Fsp3) is 0.350. The lowest BCUT2D eigenvalue weighted by atomic mass is 9.94. The van der Waals surface area contributed by atoms with E-state index in [1.807, 2.05) is 18.6 Å². The molecule has 0 spiro atoms. The summed E-state index contributed by atoms with van der Waals surface area (Å²) in [5.74, 6) is 1.59. The third-order valence-corrected chi connectivity index (χ3v) is 4.93. The second kappa shape index (κ2) is 8.18. The number of piperidine rings is 1. The van der Waals surface area contributed by atoms with Crippen LogP contribution in [-0.2, 0) is 6.54 Å². The van der Waals surface area contributed by atoms with E-state index in [2.05, 4.69) is 48.1 Å². The first-order valence-electron chi connectivity index (χ1n) is 9.26. The van der Waals surface area contributed by atoms with Gasteiger partial charge in [-0.3, -0.25) is 14.9 Å². The molecule has 4 rings (SSSR count). The fourth-order valence-corrected chi connectivity index (χ4v) is 3.45. The molecule has 1 unspecified atom stereocenters. The van der Waals surface area contributed by atoms with Crippen LogP contribution in [0.2, 0.25) is 0 Å². The Hall–Kier alpha value is -2.93. The molecule has 0 amide bonds. The first kappa shape index (κ1) is 17.5. The largest absolute Gasteiger partial charge is 0.307 e. The van der Waals surface area contributed by atoms with E-state index in [0.717, 1.165) is 31.7 Å². The maximum absolute atomic E-state index is 4.64. The van der Waals surface area contributed by atoms with Gasteiger partial charge >= 0.3 is 0 Å². The zero-order chi connectivity index (χ0) is 18.5. The summed E-state index contributed by atoms with van der Waals surface area (Å²) in [7, 11) is 0. The number of pyridine rings is 1. The Balaban J connectivity index is 1.40. The van der Waals surface area contributed by atoms with Crippen LogP contribution < -0.4 is 5.32 Å². The van der Waals surface area contributed by atoms with Gasteiger partial charge in [0, 0.05) is 43.8 Å². The highest BCUT2D eigenvalue weighted by Gasteiger charge is 2.23. The van der Waals surface area contributed by atoms with Gasteiger partial charge in [-0.2, -0.15) is 0 Å². The van der Waals surface area contributed by atoms with E-state index in [9.17, 15) is 0 Å². The van der Waals surface area contributed by atoms with Crippen LogP contribution in [0, 0.1) is 6.92 Å². The topological polar surface area (TPSA) is 79.7 Å². The van der Waals surface area contributed by atoms with Crippen molar-refractivity contribution >= 4 is 11.8 Å². The first-order valence-corrected chi connectivity index (χ1v) is 9.26. The van der Waals surface area contributed by atoms with E-state index in [1.54, 1.807) is 24.7 Å². The summed E-state index contributed by atoms with van der Waals surface area (Å²) in [6.45, 7) is 5.21. The number of hydrogen-bond donors (Lipinski definition) is 1. The van der Waals surface area contributed by atoms with Gasteiger partial charge in [-0.05, 0) is 49.6 Å². The maximum Gasteiger partial charge on any atom is 0.228 e. The lowest BCUT2D eigenvalue weighted by Gasteiger charge is -2.32. The summed E-state index contributed by atoms with van der Waals surface area (Å²) >= 11 is 0. The molecule has 7 heteroatoms. The first-order chi connectivity index (χ1) is 13.3. The number of nitrogens with one attached hydrogen (secondary N) is 1. The highest BCUT2D eigenvalue weighted by atomic mass is 15.1. The third kappa shape index (κ3) is 4.43. The third-order valence-electron chi connectivity index (χ3n) is 4.93. The molecule has 0 aromatic carbocycles. The van der Waals surface area contributed by atoms with Gasteiger partial charge in [0.05, 0.1) is 18.1 Å². The number of aryl methyl sites for hydroxylation is 1. The number of nitrogens with zero attached hydrogens (tertiary/aromatic N) is 6. The van der Waals surface area contributed by atoms with Crippen LogP contribution >= 0.6 is 0 Å². The average molecular weight is 361 g/mol. The molecule has 1 atom stereocenters. The predicted octanol–water partition coefficient (Wildman–Crippen LogP) is 3.09. The van der Waals surface area contributed by atoms with E-state index < -0.39 is 0 Å². The van der Waals surface area contributed by atoms with Crippen molar-refractivity contribution in [2.24, 2.45) is 0 Å². The van der Waals surface area contributed by atoms with Crippen molar-refractivity contribution in [1.29, 1.82) is 0 Å². The van der Waals surface area contributed by atoms with Crippen molar-refractivity contribution in [2.45, 2.75) is 32.2 Å². The Morgan fingerprint density at radius 2 is 1.96 bits per heavy atom. The summed E-state index contributed by atoms with van der Waals surface area (Å²) in [5, 5.41) is 3.07. The van der Waals surface area contributed by atoms with E-state index in [1.165, 1.54) is 17.5 Å². The van der Waals surface area contributed by atoms with Gasteiger partial charge < -0.3 is 5.32 Å². The van der Waals surface area contributed by atoms with Crippen LogP contribution in [0.15, 0.2) is 49.3 Å². The maximum atomic E-state index is 4.64. The van der Waals surface area contributed by atoms with E-state index in [-0.39, 0.29) is 0 Å². The molecule has 0 saturated carbocycles. The number of anilines is 2. The molecule has 3 aromatic heterocycles. The highest BCUT2D eigenvalue weighted by molar-refractivity contribution is 5.45. The molecule has 7 nitrogen and oxygen atoms in total. The van der Waals surface area contributed by atoms with E-state index in [4.69, 9.17) is 0 Å². The van der Waals surface area contributed by atoms with Crippen LogP contribution in [0.3, 0.4) is 0 Å². The second-order valence-corrected chi connectivity index (χ2v) is 6.90. The van der Waals surface area contributed by atoms with Gasteiger partial charge in [0.2, 0.25) is 5.95 Å². The Kier molecular flexibility index (Phi) is 5.29. The minimum Gasteiger partial charge on any atom is -0.307 e. The summed E-state index contributed by atoms with van der Waals surface area (Å²) in [5.41, 5.74) is 3.64. The van der Waals surface area contributed by atoms with Crippen molar-refractivity contribution in [3.05, 3.63) is 66.1 Å². The predicted molar refractivity (Wildman–Crippen MR) is 104 cm³/mol. The molecule has 138 valence electrons. The van der Waals surface area contributed by atoms with Gasteiger partial charge in [0.15, 0.2) is 5.82 Å². The molecule has 1 saturated heterocycles. The van der Waals surface area contributed by atoms with E-state index >= 15 is 0 Å². The highest BCUT2D eigenvalue weighted by Crippen LogP contribution is 2.27. The second-order valence-electron chi connectivity index (χ2n) is 6.90. The molecule has 1 aliphatic rings. The summed E-state index contributed by atoms with van der Waals surface area (Å²) < 4.78 is 0. The molecule has 4 heterocycles. The fourth-order valence-electron chi connectivity index (χ4n) is 3.45. The van der Waals surface area contributed by atoms with Crippen molar-refractivity contribution in [1.82, 2.24) is 29.8 Å². The van der Waals surface area contributed by atoms with Crippen LogP contribution in [-0.4, -0.2) is 42.9 Å². The Morgan fingerprint density at radius 1 is 1.07 bits per heavy atom. The van der Waals surface area contributed by atoms with Gasteiger partial charge in [0.25, 0.3) is 0 Å². The molecule has 27 heavy (non-hydrogen) atoms. The van der Waals surface area contributed by atoms with Gasteiger partial charge in [-0.1, -0.05) is 0 Å². The summed E-state index contributed by atoms with van der Waals surface area (Å²) in [6, 6.07) is 3.90. The lowest BCUT2D eigenvalue weighted by molar-refractivity contribution is 0.198. The average Bonchev–Trinajstić information content (AvgIpc) is 2.71. The van der Waals surface area contributed by atoms with Crippen molar-refractivity contribution < 1.29 is 0 Å². The number of rotatable bonds is 5. The SMILES string of the molecule is Cc1cnccc1CN1CCCC(c2cnc(Nc3ncccn3)cn2)C1. The lowest BCUT2D eigenvalue weighted by Crippen LogP contribution is -2.34. The van der Waals surface area contributed by atoms with Crippen LogP contribution in [0.1, 0.15) is 35.6 Å². The zero-order valence-corrected chi connectivity index (χ0v) is 15.4. The normalized spacial score (nSPS) is 17.6. The van der Waals surface area contributed by atoms with Crippen LogP contribution in [0.5, 0.6) is 0 Å². The quantitative estimate of drug-likeness (QED) is 0.748. The molecule has 0 radical (unpaired) electrons. The number of likely N-dealkylation sites (tertiary alicyclic amines) is 1. The van der Waals surface area contributed by atoms with Crippen molar-refractivity contribution in [3.8, 4) is 0 Å². The number of aromatic nitrogens is 5. The molecular formula is C20H23N7. The summed E-state index contributed by atoms with van der Waals surface area (Å²) in [6.07, 6.45) is 13.1. The van der Waals surface area contributed by atoms with Crippen LogP contribution in [0.4, 0.5) is 11.8 Å². The Labute approximate surface area is 159 Å². The zero-order valence-electron chi connectivity index (χ0n) is 15.4. The smallest absolute Gasteiger partial charge is 0.228 e. The molecule has 3 aromatic rings. The molecule has 1 aliphatic heterocycles. The minimum atomic E-state index is 0.412. The van der Waals surface area contributed by atoms with Gasteiger partial charge in [-0.15, -0.1) is 0 Å². The standard InChI is InChI=1S/C20H23N7/c1-15-10-21-8-5-16(15)13-27-9-2-4-17(14-27)18-11-25-19(12-24-18)26-20-22-6-3-7-23-20/h3,5-8,10-12,17H,2,4,9,13-14H2,1H3,(H,22,23,25,26). The van der Waals surface area contributed by atoms with Crippen molar-refractivity contribution in [2.75, 3.05) is 18.4 Å². The molecule has 1 N–H and O–H groups in total. The monoisotopic (exact) mass is 361 g/mol. The molecular weight excluding hydrogens is 338 g/mol. The van der Waals surface area contributed by atoms with Crippen LogP contribution in [0.25, 0.3) is 0 Å². The Bertz CT molecular complexity index is 867. The minimum absolute atomic E-state index is 0.412. The van der Waals surface area contributed by atoms with Gasteiger partial charge in [-0.25, -0.2) is 15.0 Å². The number of hydrogen-bond acceptors (Lipinski definition) is 7. The molecule has 0 bridgehead atoms. The van der Waals surface area contributed by atoms with E-state index in [0.29, 0.717) is 17.7 Å². The molecule has 0 aliphatic carbocycles. The Morgan fingerprint density at radius 3 is 2.74 bits per heavy atom. The van der Waals surface area contributed by atoms with Crippen molar-refractivity contribution in [3.63, 3.8) is 0 Å². The summed E-state index contributed by atoms with van der Waals surface area (Å²) in [4.78, 5) is 24.1. The molecule has 1 fully saturated rings.